The molecule has 0 aliphatic heterocycles. The van der Waals surface area contributed by atoms with Gasteiger partial charge in [-0.15, -0.1) is 0 Å². The predicted molar refractivity (Wildman–Crippen MR) is 94.2 cm³/mol. The standard InChI is InChI=1S/C19H18N2O3/c1-24-11-10-20-18(22)16-8-9-17(21-19(16)23)15-7-6-13-4-2-3-5-14(13)12-15/h2-9,12H,10-11H2,1H3,(H,20,22)(H,21,23). The van der Waals surface area contributed by atoms with Crippen LogP contribution in [0, 0.1) is 0 Å². The Morgan fingerprint density at radius 3 is 2.62 bits per heavy atom. The van der Waals surface area contributed by atoms with Gasteiger partial charge >= 0.3 is 0 Å². The van der Waals surface area contributed by atoms with Crippen LogP contribution in [0.4, 0.5) is 0 Å². The summed E-state index contributed by atoms with van der Waals surface area (Å²) < 4.78 is 4.87. The molecule has 1 aromatic heterocycles. The number of aromatic nitrogens is 1. The van der Waals surface area contributed by atoms with Gasteiger partial charge in [0.05, 0.1) is 6.61 Å². The van der Waals surface area contributed by atoms with Gasteiger partial charge in [0.1, 0.15) is 5.56 Å². The maximum absolute atomic E-state index is 12.2. The van der Waals surface area contributed by atoms with Crippen molar-refractivity contribution in [1.29, 1.82) is 0 Å². The van der Waals surface area contributed by atoms with Gasteiger partial charge in [-0.25, -0.2) is 0 Å². The zero-order valence-electron chi connectivity index (χ0n) is 13.3. The first kappa shape index (κ1) is 16.0. The molecule has 5 heteroatoms. The van der Waals surface area contributed by atoms with Crippen LogP contribution in [0.1, 0.15) is 10.4 Å². The fourth-order valence-electron chi connectivity index (χ4n) is 2.54. The van der Waals surface area contributed by atoms with E-state index < -0.39 is 11.5 Å². The van der Waals surface area contributed by atoms with Crippen LogP contribution in [-0.2, 0) is 4.74 Å². The Morgan fingerprint density at radius 2 is 1.88 bits per heavy atom. The van der Waals surface area contributed by atoms with Crippen molar-refractivity contribution in [1.82, 2.24) is 10.3 Å². The molecular formula is C19H18N2O3. The minimum Gasteiger partial charge on any atom is -0.383 e. The number of carbonyl (C=O) groups excluding carboxylic acids is 1. The van der Waals surface area contributed by atoms with E-state index in [1.165, 1.54) is 0 Å². The second-order valence-corrected chi connectivity index (χ2v) is 5.43. The first-order chi connectivity index (χ1) is 11.7. The van der Waals surface area contributed by atoms with Crippen molar-refractivity contribution in [3.63, 3.8) is 0 Å². The van der Waals surface area contributed by atoms with E-state index in [1.54, 1.807) is 19.2 Å². The van der Waals surface area contributed by atoms with Gasteiger partial charge in [-0.05, 0) is 34.5 Å². The molecule has 0 spiro atoms. The Hall–Kier alpha value is -2.92. The topological polar surface area (TPSA) is 71.2 Å². The molecule has 3 rings (SSSR count). The third-order valence-corrected chi connectivity index (χ3v) is 3.81. The second-order valence-electron chi connectivity index (χ2n) is 5.43. The molecule has 0 aliphatic rings. The summed E-state index contributed by atoms with van der Waals surface area (Å²) >= 11 is 0. The van der Waals surface area contributed by atoms with E-state index in [2.05, 4.69) is 10.3 Å². The quantitative estimate of drug-likeness (QED) is 0.709. The van der Waals surface area contributed by atoms with Gasteiger partial charge in [0.2, 0.25) is 0 Å². The summed E-state index contributed by atoms with van der Waals surface area (Å²) in [5.41, 5.74) is 1.27. The van der Waals surface area contributed by atoms with E-state index in [0.29, 0.717) is 18.8 Å². The largest absolute Gasteiger partial charge is 0.383 e. The lowest BCUT2D eigenvalue weighted by Gasteiger charge is -2.07. The fraction of sp³-hybridized carbons (Fsp3) is 0.158. The number of fused-ring (bicyclic) bond motifs is 1. The summed E-state index contributed by atoms with van der Waals surface area (Å²) in [6, 6.07) is 17.3. The lowest BCUT2D eigenvalue weighted by atomic mass is 10.0. The lowest BCUT2D eigenvalue weighted by Crippen LogP contribution is -2.31. The number of methoxy groups -OCH3 is 1. The Labute approximate surface area is 139 Å². The van der Waals surface area contributed by atoms with Crippen LogP contribution >= 0.6 is 0 Å². The third-order valence-electron chi connectivity index (χ3n) is 3.81. The number of rotatable bonds is 5. The summed E-state index contributed by atoms with van der Waals surface area (Å²) in [7, 11) is 1.55. The molecule has 24 heavy (non-hydrogen) atoms. The molecule has 0 saturated carbocycles. The first-order valence-corrected chi connectivity index (χ1v) is 7.68. The molecule has 3 aromatic rings. The summed E-state index contributed by atoms with van der Waals surface area (Å²) in [4.78, 5) is 27.0. The van der Waals surface area contributed by atoms with Crippen LogP contribution in [-0.4, -0.2) is 31.2 Å². The van der Waals surface area contributed by atoms with Crippen molar-refractivity contribution < 1.29 is 9.53 Å². The molecule has 0 fully saturated rings. The number of hydrogen-bond donors (Lipinski definition) is 2. The van der Waals surface area contributed by atoms with Crippen LogP contribution in [0.2, 0.25) is 0 Å². The smallest absolute Gasteiger partial charge is 0.261 e. The number of amides is 1. The van der Waals surface area contributed by atoms with Crippen molar-refractivity contribution >= 4 is 16.7 Å². The Kier molecular flexibility index (Phi) is 4.72. The van der Waals surface area contributed by atoms with Gasteiger partial charge in [0.25, 0.3) is 11.5 Å². The number of hydrogen-bond acceptors (Lipinski definition) is 3. The van der Waals surface area contributed by atoms with Crippen LogP contribution in [0.5, 0.6) is 0 Å². The number of aromatic amines is 1. The zero-order chi connectivity index (χ0) is 16.9. The average Bonchev–Trinajstić information content (AvgIpc) is 2.61. The van der Waals surface area contributed by atoms with Gasteiger partial charge in [-0.3, -0.25) is 9.59 Å². The molecule has 1 heterocycles. The molecule has 2 N–H and O–H groups in total. The molecule has 0 bridgehead atoms. The van der Waals surface area contributed by atoms with Crippen molar-refractivity contribution in [3.8, 4) is 11.3 Å². The van der Waals surface area contributed by atoms with E-state index in [4.69, 9.17) is 4.74 Å². The molecule has 2 aromatic carbocycles. The summed E-state index contributed by atoms with van der Waals surface area (Å²) in [6.45, 7) is 0.764. The highest BCUT2D eigenvalue weighted by atomic mass is 16.5. The first-order valence-electron chi connectivity index (χ1n) is 7.68. The minimum absolute atomic E-state index is 0.0932. The molecular weight excluding hydrogens is 304 g/mol. The fourth-order valence-corrected chi connectivity index (χ4v) is 2.54. The molecule has 1 amide bonds. The van der Waals surface area contributed by atoms with Gasteiger partial charge in [-0.2, -0.15) is 0 Å². The summed E-state index contributed by atoms with van der Waals surface area (Å²) in [6.07, 6.45) is 0. The molecule has 122 valence electrons. The minimum atomic E-state index is -0.407. The average molecular weight is 322 g/mol. The molecule has 0 radical (unpaired) electrons. The molecule has 0 unspecified atom stereocenters. The van der Waals surface area contributed by atoms with E-state index in [0.717, 1.165) is 16.3 Å². The maximum Gasteiger partial charge on any atom is 0.261 e. The third kappa shape index (κ3) is 3.36. The van der Waals surface area contributed by atoms with Gasteiger partial charge in [0, 0.05) is 19.3 Å². The lowest BCUT2D eigenvalue weighted by molar-refractivity contribution is 0.0935. The summed E-state index contributed by atoms with van der Waals surface area (Å²) in [5.74, 6) is -0.404. The van der Waals surface area contributed by atoms with Crippen molar-refractivity contribution in [2.75, 3.05) is 20.3 Å². The zero-order valence-corrected chi connectivity index (χ0v) is 13.3. The van der Waals surface area contributed by atoms with Crippen molar-refractivity contribution in [2.45, 2.75) is 0 Å². The maximum atomic E-state index is 12.2. The van der Waals surface area contributed by atoms with Gasteiger partial charge in [0.15, 0.2) is 0 Å². The highest BCUT2D eigenvalue weighted by Gasteiger charge is 2.11. The van der Waals surface area contributed by atoms with Crippen molar-refractivity contribution in [3.05, 3.63) is 70.5 Å². The number of nitrogens with one attached hydrogen (secondary N) is 2. The van der Waals surface area contributed by atoms with Crippen LogP contribution in [0.3, 0.4) is 0 Å². The Bertz CT molecular complexity index is 931. The molecule has 5 nitrogen and oxygen atoms in total. The molecule has 0 aliphatic carbocycles. The van der Waals surface area contributed by atoms with Crippen LogP contribution in [0.15, 0.2) is 59.4 Å². The van der Waals surface area contributed by atoms with E-state index in [-0.39, 0.29) is 5.56 Å². The monoisotopic (exact) mass is 322 g/mol. The second kappa shape index (κ2) is 7.10. The highest BCUT2D eigenvalue weighted by Crippen LogP contribution is 2.22. The number of pyridine rings is 1. The SMILES string of the molecule is COCCNC(=O)c1ccc(-c2ccc3ccccc3c2)[nH]c1=O. The van der Waals surface area contributed by atoms with E-state index in [1.807, 2.05) is 42.5 Å². The normalized spacial score (nSPS) is 10.7. The predicted octanol–water partition coefficient (Wildman–Crippen LogP) is 2.57. The molecule has 0 atom stereocenters. The number of ether oxygens (including phenoxy) is 1. The van der Waals surface area contributed by atoms with E-state index in [9.17, 15) is 9.59 Å². The summed E-state index contributed by atoms with van der Waals surface area (Å²) in [5, 5.41) is 4.87. The van der Waals surface area contributed by atoms with Gasteiger partial charge in [-0.1, -0.05) is 36.4 Å². The Morgan fingerprint density at radius 1 is 1.08 bits per heavy atom. The molecule has 0 saturated heterocycles. The number of carbonyl (C=O) groups is 1. The number of H-pyrrole nitrogens is 1. The van der Waals surface area contributed by atoms with E-state index >= 15 is 0 Å². The van der Waals surface area contributed by atoms with Crippen molar-refractivity contribution in [2.24, 2.45) is 0 Å². The van der Waals surface area contributed by atoms with Crippen LogP contribution in [0.25, 0.3) is 22.0 Å². The number of benzene rings is 2. The highest BCUT2D eigenvalue weighted by molar-refractivity contribution is 5.94. The Balaban J connectivity index is 1.88. The van der Waals surface area contributed by atoms with Crippen LogP contribution < -0.4 is 10.9 Å². The van der Waals surface area contributed by atoms with Gasteiger partial charge < -0.3 is 15.0 Å².